The number of oxime groups is 1. The highest BCUT2D eigenvalue weighted by Crippen LogP contribution is 2.41. The molecule has 2 atom stereocenters. The fourth-order valence-electron chi connectivity index (χ4n) is 3.21. The lowest BCUT2D eigenvalue weighted by atomic mass is 10.0. The van der Waals surface area contributed by atoms with Gasteiger partial charge in [0.1, 0.15) is 27.1 Å². The lowest BCUT2D eigenvalue weighted by Gasteiger charge is -2.49. The number of β-lactam (4-membered cyclic amide) rings is 1. The zero-order valence-electron chi connectivity index (χ0n) is 16.1. The topological polar surface area (TPSA) is 191 Å². The van der Waals surface area contributed by atoms with Crippen LogP contribution in [-0.2, 0) is 14.4 Å². The first-order valence-electron chi connectivity index (χ1n) is 8.94. The van der Waals surface area contributed by atoms with Crippen LogP contribution < -0.4 is 16.6 Å². The van der Waals surface area contributed by atoms with Crippen molar-refractivity contribution in [2.45, 2.75) is 11.4 Å². The van der Waals surface area contributed by atoms with Gasteiger partial charge in [0.2, 0.25) is 0 Å². The van der Waals surface area contributed by atoms with E-state index in [0.717, 1.165) is 27.8 Å². The van der Waals surface area contributed by atoms with Crippen molar-refractivity contribution in [3.05, 3.63) is 48.7 Å². The van der Waals surface area contributed by atoms with E-state index in [9.17, 15) is 29.5 Å². The summed E-state index contributed by atoms with van der Waals surface area (Å²) in [6, 6.07) is 0.313. The number of carbonyl (C=O) groups is 3. The van der Waals surface area contributed by atoms with E-state index in [1.54, 1.807) is 6.08 Å². The molecule has 0 spiro atoms. The van der Waals surface area contributed by atoms with Crippen LogP contribution in [-0.4, -0.2) is 65.2 Å². The van der Waals surface area contributed by atoms with E-state index in [2.05, 4.69) is 19.8 Å². The number of halogens is 1. The van der Waals surface area contributed by atoms with Crippen LogP contribution in [0.3, 0.4) is 0 Å². The molecule has 16 heteroatoms. The van der Waals surface area contributed by atoms with Crippen molar-refractivity contribution in [2.75, 3.05) is 11.5 Å². The lowest BCUT2D eigenvalue weighted by molar-refractivity contribution is -0.150. The van der Waals surface area contributed by atoms with Gasteiger partial charge in [0.25, 0.3) is 17.4 Å². The summed E-state index contributed by atoms with van der Waals surface area (Å²) >= 11 is 9.18. The van der Waals surface area contributed by atoms with Gasteiger partial charge in [0.05, 0.1) is 0 Å². The number of hydrogen-bond donors (Lipinski definition) is 5. The second kappa shape index (κ2) is 9.01. The zero-order valence-corrected chi connectivity index (χ0v) is 19.3. The standard InChI is InChI=1S/C17H13ClN6O6S3/c18-12-8(21-17(19)32-12)9(22-30)13(26)20-10-14(27)24-11(16(28)29)5(4-31-15(10)24)1-2-6-3-7(25)23-33-6/h1-3,10,15,30H,4H2,(H2,19,21)(H,20,26)(H,23,25)(H,28,29)/b2-1-,22-9-/t10-,15-/m1/s1. The molecule has 4 heterocycles. The molecule has 6 N–H and O–H groups in total. The molecule has 0 radical (unpaired) electrons. The van der Waals surface area contributed by atoms with Gasteiger partial charge in [-0.15, -0.1) is 11.8 Å². The molecule has 0 unspecified atom stereocenters. The summed E-state index contributed by atoms with van der Waals surface area (Å²) in [6.45, 7) is 0. The Morgan fingerprint density at radius 2 is 2.15 bits per heavy atom. The number of H-pyrrole nitrogens is 1. The normalized spacial score (nSPS) is 20.7. The van der Waals surface area contributed by atoms with Crippen molar-refractivity contribution in [1.82, 2.24) is 19.6 Å². The van der Waals surface area contributed by atoms with Gasteiger partial charge in [-0.2, -0.15) is 0 Å². The number of nitrogens with zero attached hydrogens (tertiary/aromatic N) is 3. The van der Waals surface area contributed by atoms with Crippen molar-refractivity contribution in [2.24, 2.45) is 5.16 Å². The minimum absolute atomic E-state index is 0.0315. The smallest absolute Gasteiger partial charge is 0.352 e. The van der Waals surface area contributed by atoms with E-state index in [1.165, 1.54) is 23.9 Å². The average molecular weight is 529 g/mol. The Morgan fingerprint density at radius 1 is 1.39 bits per heavy atom. The van der Waals surface area contributed by atoms with Gasteiger partial charge in [0.15, 0.2) is 10.8 Å². The number of nitrogens with two attached hydrogens (primary N) is 1. The number of carboxylic acid groups (broad SMARTS) is 1. The van der Waals surface area contributed by atoms with Gasteiger partial charge in [-0.3, -0.25) is 23.7 Å². The number of allylic oxidation sites excluding steroid dienone is 1. The van der Waals surface area contributed by atoms with E-state index in [-0.39, 0.29) is 32.2 Å². The molecule has 0 aromatic carbocycles. The maximum atomic E-state index is 12.8. The third-order valence-corrected chi connectivity index (χ3v) is 7.80. The zero-order chi connectivity index (χ0) is 23.9. The van der Waals surface area contributed by atoms with Gasteiger partial charge in [0, 0.05) is 16.7 Å². The molecule has 33 heavy (non-hydrogen) atoms. The van der Waals surface area contributed by atoms with Crippen molar-refractivity contribution in [3.63, 3.8) is 0 Å². The van der Waals surface area contributed by atoms with E-state index < -0.39 is 34.9 Å². The summed E-state index contributed by atoms with van der Waals surface area (Å²) in [7, 11) is 0. The van der Waals surface area contributed by atoms with Crippen LogP contribution in [0, 0.1) is 0 Å². The molecule has 2 amide bonds. The Hall–Kier alpha value is -3.14. The maximum Gasteiger partial charge on any atom is 0.352 e. The van der Waals surface area contributed by atoms with Crippen LogP contribution >= 0.6 is 46.2 Å². The Kier molecular flexibility index (Phi) is 6.29. The number of fused-ring (bicyclic) bond motifs is 1. The monoisotopic (exact) mass is 528 g/mol. The Bertz CT molecular complexity index is 1310. The number of carbonyl (C=O) groups excluding carboxylic acids is 2. The molecule has 0 saturated carbocycles. The van der Waals surface area contributed by atoms with Gasteiger partial charge < -0.3 is 21.4 Å². The van der Waals surface area contributed by atoms with Crippen LogP contribution in [0.15, 0.2) is 33.4 Å². The molecular weight excluding hydrogens is 516 g/mol. The SMILES string of the molecule is Nc1nc(/C(=N/O)C(=O)N[C@@H]2C(=O)N3C(C(=O)O)=C(/C=C\c4cc(=O)[nH]s4)CS[C@H]23)c(Cl)s1. The van der Waals surface area contributed by atoms with Crippen LogP contribution in [0.5, 0.6) is 0 Å². The second-order valence-electron chi connectivity index (χ2n) is 6.61. The molecule has 1 saturated heterocycles. The summed E-state index contributed by atoms with van der Waals surface area (Å²) in [5.74, 6) is -2.62. The predicted octanol–water partition coefficient (Wildman–Crippen LogP) is 0.759. The number of aromatic nitrogens is 2. The van der Waals surface area contributed by atoms with E-state index in [1.807, 2.05) is 0 Å². The molecule has 12 nitrogen and oxygen atoms in total. The van der Waals surface area contributed by atoms with Crippen LogP contribution in [0.4, 0.5) is 5.13 Å². The molecule has 0 aliphatic carbocycles. The number of hydrogen-bond acceptors (Lipinski definition) is 11. The lowest BCUT2D eigenvalue weighted by Crippen LogP contribution is -2.71. The maximum absolute atomic E-state index is 12.8. The second-order valence-corrected chi connectivity index (χ2v) is 10.2. The molecule has 2 aliphatic rings. The van der Waals surface area contributed by atoms with Crippen LogP contribution in [0.25, 0.3) is 6.08 Å². The minimum atomic E-state index is -1.30. The van der Waals surface area contributed by atoms with E-state index in [0.29, 0.717) is 10.5 Å². The molecule has 2 aliphatic heterocycles. The number of anilines is 1. The van der Waals surface area contributed by atoms with Gasteiger partial charge >= 0.3 is 5.97 Å². The molecule has 2 aromatic heterocycles. The Morgan fingerprint density at radius 3 is 2.73 bits per heavy atom. The number of nitrogens with one attached hydrogen (secondary N) is 2. The molecule has 1 fully saturated rings. The Labute approximate surface area is 201 Å². The van der Waals surface area contributed by atoms with Crippen molar-refractivity contribution >= 4 is 80.9 Å². The molecule has 2 aromatic rings. The summed E-state index contributed by atoms with van der Waals surface area (Å²) in [4.78, 5) is 54.1. The van der Waals surface area contributed by atoms with E-state index in [4.69, 9.17) is 17.3 Å². The number of aromatic amines is 1. The number of nitrogen functional groups attached to an aromatic ring is 1. The highest BCUT2D eigenvalue weighted by Gasteiger charge is 2.54. The Balaban J connectivity index is 1.54. The number of thioether (sulfide) groups is 1. The number of aliphatic carboxylic acids is 1. The molecule has 4 rings (SSSR count). The fourth-order valence-corrected chi connectivity index (χ4v) is 6.03. The van der Waals surface area contributed by atoms with Crippen LogP contribution in [0.2, 0.25) is 4.34 Å². The largest absolute Gasteiger partial charge is 0.477 e. The summed E-state index contributed by atoms with van der Waals surface area (Å²) in [6.07, 6.45) is 3.12. The van der Waals surface area contributed by atoms with Crippen molar-refractivity contribution in [3.8, 4) is 0 Å². The first kappa shape index (κ1) is 23.0. The predicted molar refractivity (Wildman–Crippen MR) is 124 cm³/mol. The van der Waals surface area contributed by atoms with Gasteiger partial charge in [-0.1, -0.05) is 45.7 Å². The summed E-state index contributed by atoms with van der Waals surface area (Å²) < 4.78 is 2.56. The number of carboxylic acids is 1. The third kappa shape index (κ3) is 4.27. The quantitative estimate of drug-likeness (QED) is 0.156. The number of rotatable bonds is 6. The first-order chi connectivity index (χ1) is 15.7. The minimum Gasteiger partial charge on any atom is -0.477 e. The van der Waals surface area contributed by atoms with Crippen molar-refractivity contribution < 1.29 is 24.7 Å². The third-order valence-electron chi connectivity index (χ3n) is 4.62. The average Bonchev–Trinajstić information content (AvgIpc) is 3.34. The van der Waals surface area contributed by atoms with Crippen molar-refractivity contribution in [1.29, 1.82) is 0 Å². The first-order valence-corrected chi connectivity index (χ1v) is 12.0. The highest BCUT2D eigenvalue weighted by molar-refractivity contribution is 8.00. The highest BCUT2D eigenvalue weighted by atomic mass is 35.5. The molecule has 172 valence electrons. The van der Waals surface area contributed by atoms with E-state index >= 15 is 0 Å². The summed E-state index contributed by atoms with van der Waals surface area (Å²) in [5.41, 5.74) is 4.79. The molecular formula is C17H13ClN6O6S3. The molecule has 0 bridgehead atoms. The number of amides is 2. The fraction of sp³-hybridized carbons (Fsp3) is 0.176. The van der Waals surface area contributed by atoms with Gasteiger partial charge in [-0.05, 0) is 11.6 Å². The van der Waals surface area contributed by atoms with Crippen LogP contribution in [0.1, 0.15) is 10.6 Å². The number of thiazole rings is 1. The summed E-state index contributed by atoms with van der Waals surface area (Å²) in [5, 5.41) is 23.7. The van der Waals surface area contributed by atoms with Gasteiger partial charge in [-0.25, -0.2) is 9.78 Å².